The molecule has 2 fully saturated rings. The van der Waals surface area contributed by atoms with Crippen LogP contribution in [0.25, 0.3) is 0 Å². The normalized spacial score (nSPS) is 34.5. The highest BCUT2D eigenvalue weighted by molar-refractivity contribution is 5.87. The first-order chi connectivity index (χ1) is 7.38. The van der Waals surface area contributed by atoms with Crippen LogP contribution in [0.15, 0.2) is 0 Å². The summed E-state index contributed by atoms with van der Waals surface area (Å²) in [5.74, 6) is 1.82. The van der Waals surface area contributed by atoms with Crippen LogP contribution in [0.5, 0.6) is 0 Å². The van der Waals surface area contributed by atoms with E-state index in [-0.39, 0.29) is 0 Å². The molecule has 0 aromatic heterocycles. The predicted molar refractivity (Wildman–Crippen MR) is 62.8 cm³/mol. The first-order valence-electron chi connectivity index (χ1n) is 6.90. The lowest BCUT2D eigenvalue weighted by atomic mass is 9.68. The number of hydrogen-bond donors (Lipinski definition) is 0. The Morgan fingerprint density at radius 1 is 0.733 bits per heavy atom. The summed E-state index contributed by atoms with van der Waals surface area (Å²) >= 11 is 0. The van der Waals surface area contributed by atoms with Gasteiger partial charge in [0.15, 0.2) is 0 Å². The minimum Gasteiger partial charge on any atom is -0.299 e. The van der Waals surface area contributed by atoms with Crippen LogP contribution in [0.1, 0.15) is 70.6 Å². The minimum absolute atomic E-state index is 0.476. The quantitative estimate of drug-likeness (QED) is 0.585. The summed E-state index contributed by atoms with van der Waals surface area (Å²) in [4.78, 5) is 11.5. The van der Waals surface area contributed by atoms with Gasteiger partial charge in [-0.1, -0.05) is 51.4 Å². The molecule has 2 unspecified atom stereocenters. The van der Waals surface area contributed by atoms with Crippen molar-refractivity contribution < 1.29 is 4.79 Å². The molecule has 0 amide bonds. The second kappa shape index (κ2) is 5.67. The van der Waals surface area contributed by atoms with Crippen molar-refractivity contribution >= 4 is 5.78 Å². The molecule has 2 aliphatic carbocycles. The maximum absolute atomic E-state index is 11.5. The third-order valence-electron chi connectivity index (χ3n) is 4.29. The van der Waals surface area contributed by atoms with Gasteiger partial charge in [-0.05, 0) is 18.8 Å². The zero-order valence-electron chi connectivity index (χ0n) is 9.84. The van der Waals surface area contributed by atoms with Gasteiger partial charge < -0.3 is 0 Å². The summed E-state index contributed by atoms with van der Waals surface area (Å²) in [6, 6.07) is 0. The van der Waals surface area contributed by atoms with Crippen LogP contribution in [-0.4, -0.2) is 5.78 Å². The van der Waals surface area contributed by atoms with Crippen molar-refractivity contribution in [3.63, 3.8) is 0 Å². The van der Waals surface area contributed by atoms with E-state index in [1.165, 1.54) is 64.2 Å². The SMILES string of the molecule is O=C1CC2CCCCCCCCCCC12. The molecule has 0 heterocycles. The van der Waals surface area contributed by atoms with Gasteiger partial charge in [0.25, 0.3) is 0 Å². The van der Waals surface area contributed by atoms with Crippen LogP contribution in [-0.2, 0) is 4.79 Å². The Bertz CT molecular complexity index is 209. The van der Waals surface area contributed by atoms with Gasteiger partial charge in [0.05, 0.1) is 0 Å². The number of carbonyl (C=O) groups excluding carboxylic acids is 1. The lowest BCUT2D eigenvalue weighted by molar-refractivity contribution is -0.134. The van der Waals surface area contributed by atoms with E-state index in [0.717, 1.165) is 12.3 Å². The van der Waals surface area contributed by atoms with Gasteiger partial charge in [0.2, 0.25) is 0 Å². The molecule has 1 heteroatoms. The zero-order valence-corrected chi connectivity index (χ0v) is 9.84. The lowest BCUT2D eigenvalue weighted by Gasteiger charge is -2.35. The van der Waals surface area contributed by atoms with Crippen LogP contribution in [0, 0.1) is 11.8 Å². The fraction of sp³-hybridized carbons (Fsp3) is 0.929. The molecule has 0 radical (unpaired) electrons. The average molecular weight is 208 g/mol. The van der Waals surface area contributed by atoms with E-state index in [0.29, 0.717) is 11.7 Å². The van der Waals surface area contributed by atoms with Crippen LogP contribution in [0.3, 0.4) is 0 Å². The van der Waals surface area contributed by atoms with Gasteiger partial charge in [0.1, 0.15) is 5.78 Å². The second-order valence-corrected chi connectivity index (χ2v) is 5.44. The molecule has 0 N–H and O–H groups in total. The Balaban J connectivity index is 1.78. The fourth-order valence-electron chi connectivity index (χ4n) is 3.19. The molecule has 2 rings (SSSR count). The standard InChI is InChI=1S/C14H24O/c15-14-11-12-9-7-5-3-1-2-4-6-8-10-13(12)14/h12-13H,1-11H2. The molecule has 2 aliphatic rings. The van der Waals surface area contributed by atoms with E-state index < -0.39 is 0 Å². The second-order valence-electron chi connectivity index (χ2n) is 5.44. The van der Waals surface area contributed by atoms with Gasteiger partial charge in [-0.25, -0.2) is 0 Å². The maximum Gasteiger partial charge on any atom is 0.136 e. The van der Waals surface area contributed by atoms with Crippen molar-refractivity contribution in [2.45, 2.75) is 70.6 Å². The van der Waals surface area contributed by atoms with Crippen LogP contribution in [0.2, 0.25) is 0 Å². The van der Waals surface area contributed by atoms with Crippen molar-refractivity contribution in [2.75, 3.05) is 0 Å². The van der Waals surface area contributed by atoms with Crippen molar-refractivity contribution in [3.8, 4) is 0 Å². The van der Waals surface area contributed by atoms with Gasteiger partial charge in [-0.3, -0.25) is 4.79 Å². The van der Waals surface area contributed by atoms with Crippen molar-refractivity contribution in [1.82, 2.24) is 0 Å². The molecule has 15 heavy (non-hydrogen) atoms. The average Bonchev–Trinajstić information content (AvgIpc) is 2.22. The maximum atomic E-state index is 11.5. The lowest BCUT2D eigenvalue weighted by Crippen LogP contribution is -2.37. The molecule has 0 saturated heterocycles. The van der Waals surface area contributed by atoms with E-state index in [2.05, 4.69) is 0 Å². The predicted octanol–water partition coefficient (Wildman–Crippen LogP) is 4.11. The number of rotatable bonds is 0. The molecule has 0 bridgehead atoms. The van der Waals surface area contributed by atoms with E-state index in [1.807, 2.05) is 0 Å². The minimum atomic E-state index is 0.476. The Kier molecular flexibility index (Phi) is 4.22. The highest BCUT2D eigenvalue weighted by atomic mass is 16.1. The van der Waals surface area contributed by atoms with Gasteiger partial charge in [0, 0.05) is 12.3 Å². The molecule has 2 saturated carbocycles. The molecular formula is C14H24O. The molecule has 0 aromatic rings. The first kappa shape index (κ1) is 11.2. The first-order valence-corrected chi connectivity index (χ1v) is 6.90. The Morgan fingerprint density at radius 3 is 1.87 bits per heavy atom. The largest absolute Gasteiger partial charge is 0.299 e. The van der Waals surface area contributed by atoms with Crippen molar-refractivity contribution in [2.24, 2.45) is 11.8 Å². The van der Waals surface area contributed by atoms with Crippen LogP contribution < -0.4 is 0 Å². The third kappa shape index (κ3) is 3.06. The van der Waals surface area contributed by atoms with E-state index >= 15 is 0 Å². The highest BCUT2D eigenvalue weighted by Gasteiger charge is 2.37. The van der Waals surface area contributed by atoms with Crippen LogP contribution >= 0.6 is 0 Å². The summed E-state index contributed by atoms with van der Waals surface area (Å²) in [6.45, 7) is 0. The zero-order chi connectivity index (χ0) is 10.5. The van der Waals surface area contributed by atoms with E-state index in [9.17, 15) is 4.79 Å². The molecule has 1 nitrogen and oxygen atoms in total. The number of carbonyl (C=O) groups is 1. The molecular weight excluding hydrogens is 184 g/mol. The topological polar surface area (TPSA) is 17.1 Å². The third-order valence-corrected chi connectivity index (χ3v) is 4.29. The van der Waals surface area contributed by atoms with Crippen LogP contribution in [0.4, 0.5) is 0 Å². The number of hydrogen-bond acceptors (Lipinski definition) is 1. The number of fused-ring (bicyclic) bond motifs is 1. The molecule has 2 atom stereocenters. The fourth-order valence-corrected chi connectivity index (χ4v) is 3.19. The molecule has 86 valence electrons. The number of Topliss-reactive ketones (excluding diaryl/α,β-unsaturated/α-hetero) is 1. The summed E-state index contributed by atoms with van der Waals surface area (Å²) in [7, 11) is 0. The molecule has 0 aliphatic heterocycles. The van der Waals surface area contributed by atoms with Gasteiger partial charge in [-0.2, -0.15) is 0 Å². The monoisotopic (exact) mass is 208 g/mol. The summed E-state index contributed by atoms with van der Waals surface area (Å²) in [5, 5.41) is 0. The Labute approximate surface area is 93.6 Å². The number of ketones is 1. The van der Waals surface area contributed by atoms with Gasteiger partial charge in [-0.15, -0.1) is 0 Å². The Hall–Kier alpha value is -0.330. The summed E-state index contributed by atoms with van der Waals surface area (Å²) < 4.78 is 0. The highest BCUT2D eigenvalue weighted by Crippen LogP contribution is 2.38. The molecule has 0 aromatic carbocycles. The summed E-state index contributed by atoms with van der Waals surface area (Å²) in [6.07, 6.45) is 14.5. The van der Waals surface area contributed by atoms with E-state index in [4.69, 9.17) is 0 Å². The van der Waals surface area contributed by atoms with Crippen molar-refractivity contribution in [3.05, 3.63) is 0 Å². The van der Waals surface area contributed by atoms with Crippen molar-refractivity contribution in [1.29, 1.82) is 0 Å². The summed E-state index contributed by atoms with van der Waals surface area (Å²) in [5.41, 5.74) is 0. The smallest absolute Gasteiger partial charge is 0.136 e. The van der Waals surface area contributed by atoms with E-state index in [1.54, 1.807) is 0 Å². The molecule has 0 spiro atoms. The Morgan fingerprint density at radius 2 is 1.27 bits per heavy atom. The van der Waals surface area contributed by atoms with Gasteiger partial charge >= 0.3 is 0 Å².